The number of likely N-dealkylation sites (N-methyl/N-ethyl adjacent to an activating group) is 1. The van der Waals surface area contributed by atoms with Crippen molar-refractivity contribution in [1.82, 2.24) is 10.2 Å². The summed E-state index contributed by atoms with van der Waals surface area (Å²) in [6, 6.07) is 8.81. The van der Waals surface area contributed by atoms with Gasteiger partial charge in [-0.2, -0.15) is 0 Å². The Morgan fingerprint density at radius 1 is 1.42 bits per heavy atom. The highest BCUT2D eigenvalue weighted by Crippen LogP contribution is 2.34. The van der Waals surface area contributed by atoms with Gasteiger partial charge < -0.3 is 4.90 Å². The molecule has 4 heteroatoms. The molecule has 3 nitrogen and oxygen atoms in total. The van der Waals surface area contributed by atoms with Gasteiger partial charge >= 0.3 is 0 Å². The predicted molar refractivity (Wildman–Crippen MR) is 79.1 cm³/mol. The number of fused-ring (bicyclic) bond motifs is 1. The number of rotatable bonds is 2. The molecule has 0 spiro atoms. The normalized spacial score (nSPS) is 25.9. The van der Waals surface area contributed by atoms with Crippen molar-refractivity contribution in [2.75, 3.05) is 18.7 Å². The minimum absolute atomic E-state index is 0.00379. The molecule has 2 atom stereocenters. The molecule has 19 heavy (non-hydrogen) atoms. The van der Waals surface area contributed by atoms with Crippen LogP contribution in [0.1, 0.15) is 30.0 Å². The second kappa shape index (κ2) is 5.55. The highest BCUT2D eigenvalue weighted by molar-refractivity contribution is 7.99. The molecule has 3 rings (SSSR count). The lowest BCUT2D eigenvalue weighted by atomic mass is 9.87. The molecular formula is C15H20N2OS. The molecule has 102 valence electrons. The van der Waals surface area contributed by atoms with E-state index < -0.39 is 0 Å². The van der Waals surface area contributed by atoms with Crippen LogP contribution in [0, 0.1) is 0 Å². The summed E-state index contributed by atoms with van der Waals surface area (Å²) in [7, 11) is 1.96. The number of amides is 1. The lowest BCUT2D eigenvalue weighted by Gasteiger charge is -2.34. The highest BCUT2D eigenvalue weighted by atomic mass is 32.2. The van der Waals surface area contributed by atoms with Gasteiger partial charge in [0.05, 0.1) is 12.1 Å². The standard InChI is InChI=1S/C15H20N2OS/c1-17(15(18)13-9-19-10-16-13)14-8-4-6-11-5-2-3-7-12(11)14/h2-3,5,7,13-14,16H,4,6,8-10H2,1H3. The Balaban J connectivity index is 1.80. The zero-order chi connectivity index (χ0) is 13.2. The maximum Gasteiger partial charge on any atom is 0.240 e. The van der Waals surface area contributed by atoms with Gasteiger partial charge in [-0.15, -0.1) is 11.8 Å². The Morgan fingerprint density at radius 3 is 3.05 bits per heavy atom. The number of thioether (sulfide) groups is 1. The smallest absolute Gasteiger partial charge is 0.240 e. The Kier molecular flexibility index (Phi) is 3.80. The number of nitrogens with one attached hydrogen (secondary N) is 1. The molecule has 1 amide bonds. The van der Waals surface area contributed by atoms with Crippen molar-refractivity contribution in [3.05, 3.63) is 35.4 Å². The fourth-order valence-corrected chi connectivity index (χ4v) is 4.02. The molecule has 1 N–H and O–H groups in total. The van der Waals surface area contributed by atoms with E-state index in [1.165, 1.54) is 17.5 Å². The first-order chi connectivity index (χ1) is 9.27. The lowest BCUT2D eigenvalue weighted by Crippen LogP contribution is -2.45. The van der Waals surface area contributed by atoms with Crippen molar-refractivity contribution in [2.45, 2.75) is 31.3 Å². The summed E-state index contributed by atoms with van der Waals surface area (Å²) in [5.41, 5.74) is 2.75. The van der Waals surface area contributed by atoms with Crippen molar-refractivity contribution in [2.24, 2.45) is 0 Å². The van der Waals surface area contributed by atoms with Crippen LogP contribution in [0.5, 0.6) is 0 Å². The van der Waals surface area contributed by atoms with E-state index >= 15 is 0 Å². The molecule has 0 aromatic heterocycles. The molecule has 1 aliphatic heterocycles. The summed E-state index contributed by atoms with van der Waals surface area (Å²) in [5, 5.41) is 3.27. The Hall–Kier alpha value is -1.00. The quantitative estimate of drug-likeness (QED) is 0.898. The van der Waals surface area contributed by atoms with Crippen molar-refractivity contribution in [3.8, 4) is 0 Å². The third-order valence-corrected chi connectivity index (χ3v) is 5.11. The number of aryl methyl sites for hydroxylation is 1. The third-order valence-electron chi connectivity index (χ3n) is 4.17. The SMILES string of the molecule is CN(C(=O)C1CSCN1)C1CCCc2ccccc21. The van der Waals surface area contributed by atoms with Crippen LogP contribution in [-0.2, 0) is 11.2 Å². The van der Waals surface area contributed by atoms with Gasteiger partial charge in [-0.25, -0.2) is 0 Å². The topological polar surface area (TPSA) is 32.3 Å². The van der Waals surface area contributed by atoms with Crippen molar-refractivity contribution < 1.29 is 4.79 Å². The van der Waals surface area contributed by atoms with Gasteiger partial charge in [0.15, 0.2) is 0 Å². The van der Waals surface area contributed by atoms with E-state index in [0.717, 1.165) is 24.5 Å². The van der Waals surface area contributed by atoms with Gasteiger partial charge in [-0.1, -0.05) is 24.3 Å². The minimum Gasteiger partial charge on any atom is -0.337 e. The number of carbonyl (C=O) groups excluding carboxylic acids is 1. The zero-order valence-electron chi connectivity index (χ0n) is 11.3. The highest BCUT2D eigenvalue weighted by Gasteiger charge is 2.31. The minimum atomic E-state index is 0.00379. The van der Waals surface area contributed by atoms with Crippen LogP contribution >= 0.6 is 11.8 Å². The fraction of sp³-hybridized carbons (Fsp3) is 0.533. The molecule has 1 aromatic rings. The Bertz CT molecular complexity index is 471. The molecule has 2 aliphatic rings. The van der Waals surface area contributed by atoms with Crippen LogP contribution in [-0.4, -0.2) is 35.5 Å². The number of hydrogen-bond acceptors (Lipinski definition) is 3. The number of carbonyl (C=O) groups is 1. The van der Waals surface area contributed by atoms with E-state index in [1.807, 2.05) is 11.9 Å². The molecule has 1 fully saturated rings. The summed E-state index contributed by atoms with van der Waals surface area (Å²) in [5.74, 6) is 2.04. The second-order valence-electron chi connectivity index (χ2n) is 5.33. The van der Waals surface area contributed by atoms with Gasteiger partial charge in [0.2, 0.25) is 5.91 Å². The van der Waals surface area contributed by atoms with E-state index in [0.29, 0.717) is 0 Å². The average Bonchev–Trinajstić information content (AvgIpc) is 2.99. The third kappa shape index (κ3) is 2.51. The maximum absolute atomic E-state index is 12.5. The number of nitrogens with zero attached hydrogens (tertiary/aromatic N) is 1. The summed E-state index contributed by atoms with van der Waals surface area (Å²) in [6.07, 6.45) is 3.40. The zero-order valence-corrected chi connectivity index (χ0v) is 12.1. The van der Waals surface area contributed by atoms with Crippen LogP contribution in [0.3, 0.4) is 0 Å². The van der Waals surface area contributed by atoms with Crippen LogP contribution < -0.4 is 5.32 Å². The second-order valence-corrected chi connectivity index (χ2v) is 6.36. The molecule has 1 aliphatic carbocycles. The summed E-state index contributed by atoms with van der Waals surface area (Å²) < 4.78 is 0. The molecule has 1 saturated heterocycles. The number of benzene rings is 1. The first-order valence-electron chi connectivity index (χ1n) is 6.93. The van der Waals surface area contributed by atoms with E-state index in [9.17, 15) is 4.79 Å². The van der Waals surface area contributed by atoms with Crippen LogP contribution in [0.15, 0.2) is 24.3 Å². The first-order valence-corrected chi connectivity index (χ1v) is 8.08. The predicted octanol–water partition coefficient (Wildman–Crippen LogP) is 2.18. The number of hydrogen-bond donors (Lipinski definition) is 1. The monoisotopic (exact) mass is 276 g/mol. The van der Waals surface area contributed by atoms with Gasteiger partial charge in [0.1, 0.15) is 0 Å². The Labute approximate surface area is 118 Å². The maximum atomic E-state index is 12.5. The van der Waals surface area contributed by atoms with Crippen LogP contribution in [0.4, 0.5) is 0 Å². The van der Waals surface area contributed by atoms with Gasteiger partial charge in [0.25, 0.3) is 0 Å². The van der Waals surface area contributed by atoms with Gasteiger partial charge in [-0.3, -0.25) is 10.1 Å². The Morgan fingerprint density at radius 2 is 2.26 bits per heavy atom. The molecule has 1 aromatic carbocycles. The fourth-order valence-electron chi connectivity index (χ4n) is 3.08. The van der Waals surface area contributed by atoms with Crippen molar-refractivity contribution in [1.29, 1.82) is 0 Å². The molecular weight excluding hydrogens is 256 g/mol. The first kappa shape index (κ1) is 13.0. The molecule has 0 radical (unpaired) electrons. The van der Waals surface area contributed by atoms with E-state index in [2.05, 4.69) is 29.6 Å². The van der Waals surface area contributed by atoms with Gasteiger partial charge in [0, 0.05) is 18.7 Å². The van der Waals surface area contributed by atoms with Crippen LogP contribution in [0.25, 0.3) is 0 Å². The largest absolute Gasteiger partial charge is 0.337 e. The summed E-state index contributed by atoms with van der Waals surface area (Å²) >= 11 is 1.80. The van der Waals surface area contributed by atoms with E-state index in [1.54, 1.807) is 11.8 Å². The molecule has 0 bridgehead atoms. The van der Waals surface area contributed by atoms with Gasteiger partial charge in [-0.05, 0) is 30.4 Å². The summed E-state index contributed by atoms with van der Waals surface area (Å²) in [6.45, 7) is 0. The molecule has 2 unspecified atom stereocenters. The molecule has 0 saturated carbocycles. The molecule has 1 heterocycles. The van der Waals surface area contributed by atoms with Crippen molar-refractivity contribution in [3.63, 3.8) is 0 Å². The summed E-state index contributed by atoms with van der Waals surface area (Å²) in [4.78, 5) is 14.5. The van der Waals surface area contributed by atoms with E-state index in [4.69, 9.17) is 0 Å². The average molecular weight is 276 g/mol. The van der Waals surface area contributed by atoms with E-state index in [-0.39, 0.29) is 18.0 Å². The van der Waals surface area contributed by atoms with Crippen molar-refractivity contribution >= 4 is 17.7 Å². The lowest BCUT2D eigenvalue weighted by molar-refractivity contribution is -0.133. The van der Waals surface area contributed by atoms with Crippen LogP contribution in [0.2, 0.25) is 0 Å².